The third-order valence-electron chi connectivity index (χ3n) is 22.5. The standard InChI is InChI=1S/C104H66N4O2/c1-2-25-69-62-73(53-52-67(69)24-1)81-31-3-11-42-92(81)106(97-47-16-8-36-86(97)89-41-23-51-102-104(89)91-38-10-18-49-100(91)110-102)77-29-21-30-78(66-77)108-96-46-15-6-34-84(96)87-61-57-71(64-98(87)108)70-56-60-80-72(63-70)26-19-39-79(80)68-54-58-74(59-55-68)105(75-27-20-28-76(65-75)107-94-44-13-4-32-82(94)83-33-5-14-45-95(83)107)93-43-12-7-35-85(93)88-40-22-50-101-103(88)90-37-9-17-48-99(90)109-101/h1-66H. The average molecular weight is 1400 g/mol. The van der Waals surface area contributed by atoms with E-state index in [1.54, 1.807) is 0 Å². The lowest BCUT2D eigenvalue weighted by Gasteiger charge is -2.30. The van der Waals surface area contributed by atoms with Crippen molar-refractivity contribution in [1.29, 1.82) is 0 Å². The number of rotatable bonds is 13. The molecule has 514 valence electrons. The van der Waals surface area contributed by atoms with E-state index in [1.165, 1.54) is 54.3 Å². The van der Waals surface area contributed by atoms with Crippen molar-refractivity contribution >= 4 is 143 Å². The second kappa shape index (κ2) is 25.5. The number of aromatic nitrogens is 2. The van der Waals surface area contributed by atoms with Crippen LogP contribution in [-0.4, -0.2) is 9.13 Å². The van der Waals surface area contributed by atoms with Gasteiger partial charge < -0.3 is 27.8 Å². The second-order valence-corrected chi connectivity index (χ2v) is 28.6. The highest BCUT2D eigenvalue weighted by molar-refractivity contribution is 6.17. The summed E-state index contributed by atoms with van der Waals surface area (Å²) >= 11 is 0. The molecule has 110 heavy (non-hydrogen) atoms. The minimum Gasteiger partial charge on any atom is -0.456 e. The van der Waals surface area contributed by atoms with Gasteiger partial charge in [0.2, 0.25) is 0 Å². The Hall–Kier alpha value is -14.7. The van der Waals surface area contributed by atoms with Gasteiger partial charge in [-0.1, -0.05) is 273 Å². The van der Waals surface area contributed by atoms with Gasteiger partial charge in [0.25, 0.3) is 0 Å². The van der Waals surface area contributed by atoms with Crippen LogP contribution >= 0.6 is 0 Å². The maximum atomic E-state index is 6.56. The number of hydrogen-bond donors (Lipinski definition) is 0. The molecule has 0 aliphatic rings. The largest absolute Gasteiger partial charge is 0.456 e. The Morgan fingerprint density at radius 3 is 1.19 bits per heavy atom. The van der Waals surface area contributed by atoms with Gasteiger partial charge in [-0.2, -0.15) is 0 Å². The van der Waals surface area contributed by atoms with E-state index in [-0.39, 0.29) is 0 Å². The van der Waals surface area contributed by atoms with Crippen LogP contribution in [0.1, 0.15) is 0 Å². The summed E-state index contributed by atoms with van der Waals surface area (Å²) in [5, 5.41) is 14.0. The molecular weight excluding hydrogens is 1340 g/mol. The summed E-state index contributed by atoms with van der Waals surface area (Å²) in [6.45, 7) is 0. The maximum absolute atomic E-state index is 6.56. The predicted octanol–water partition coefficient (Wildman–Crippen LogP) is 29.3. The fourth-order valence-corrected chi connectivity index (χ4v) is 17.6. The van der Waals surface area contributed by atoms with E-state index in [4.69, 9.17) is 8.83 Å². The van der Waals surface area contributed by atoms with E-state index < -0.39 is 0 Å². The van der Waals surface area contributed by atoms with Crippen LogP contribution in [0.2, 0.25) is 0 Å². The molecule has 0 saturated carbocycles. The molecule has 0 spiro atoms. The molecule has 0 aliphatic heterocycles. The monoisotopic (exact) mass is 1400 g/mol. The molecule has 0 aliphatic carbocycles. The normalized spacial score (nSPS) is 11.8. The summed E-state index contributed by atoms with van der Waals surface area (Å²) < 4.78 is 18.0. The Kier molecular flexibility index (Phi) is 14.5. The van der Waals surface area contributed by atoms with Gasteiger partial charge in [0, 0.05) is 88.2 Å². The molecule has 18 aromatic carbocycles. The van der Waals surface area contributed by atoms with Crippen LogP contribution in [0.3, 0.4) is 0 Å². The van der Waals surface area contributed by atoms with Gasteiger partial charge in [-0.3, -0.25) is 0 Å². The van der Waals surface area contributed by atoms with Crippen LogP contribution < -0.4 is 9.80 Å². The highest BCUT2D eigenvalue weighted by atomic mass is 16.3. The third-order valence-corrected chi connectivity index (χ3v) is 22.5. The van der Waals surface area contributed by atoms with Crippen molar-refractivity contribution in [3.63, 3.8) is 0 Å². The van der Waals surface area contributed by atoms with Crippen molar-refractivity contribution in [2.75, 3.05) is 9.80 Å². The fraction of sp³-hybridized carbons (Fsp3) is 0. The van der Waals surface area contributed by atoms with Crippen LogP contribution in [0.15, 0.2) is 409 Å². The number of furan rings is 2. The number of benzene rings is 18. The Morgan fingerprint density at radius 1 is 0.191 bits per heavy atom. The highest BCUT2D eigenvalue weighted by Gasteiger charge is 2.27. The Labute approximate surface area is 634 Å². The zero-order chi connectivity index (χ0) is 72.3. The van der Waals surface area contributed by atoms with Crippen LogP contribution in [-0.2, 0) is 0 Å². The van der Waals surface area contributed by atoms with Gasteiger partial charge >= 0.3 is 0 Å². The van der Waals surface area contributed by atoms with Crippen LogP contribution in [0.4, 0.5) is 34.1 Å². The number of nitrogens with zero attached hydrogens (tertiary/aromatic N) is 4. The number of anilines is 6. The minimum absolute atomic E-state index is 0.858. The molecule has 0 fully saturated rings. The molecule has 4 aromatic heterocycles. The Morgan fingerprint density at radius 2 is 0.582 bits per heavy atom. The summed E-state index contributed by atoms with van der Waals surface area (Å²) in [5.41, 5.74) is 27.7. The van der Waals surface area contributed by atoms with E-state index in [2.05, 4.69) is 407 Å². The third kappa shape index (κ3) is 10.2. The molecule has 0 saturated heterocycles. The van der Waals surface area contributed by atoms with Gasteiger partial charge in [0.15, 0.2) is 0 Å². The molecule has 0 radical (unpaired) electrons. The molecular formula is C104H66N4O2. The van der Waals surface area contributed by atoms with E-state index in [1.807, 2.05) is 12.1 Å². The lowest BCUT2D eigenvalue weighted by Crippen LogP contribution is -2.13. The summed E-state index contributed by atoms with van der Waals surface area (Å²) in [6, 6.07) is 146. The molecule has 6 heteroatoms. The molecule has 0 unspecified atom stereocenters. The van der Waals surface area contributed by atoms with E-state index >= 15 is 0 Å². The molecule has 0 bridgehead atoms. The number of hydrogen-bond acceptors (Lipinski definition) is 4. The molecule has 4 heterocycles. The van der Waals surface area contributed by atoms with Crippen LogP contribution in [0, 0.1) is 0 Å². The zero-order valence-corrected chi connectivity index (χ0v) is 59.7. The first-order chi connectivity index (χ1) is 54.6. The lowest BCUT2D eigenvalue weighted by molar-refractivity contribution is 0.668. The van der Waals surface area contributed by atoms with Crippen molar-refractivity contribution in [2.24, 2.45) is 0 Å². The first kappa shape index (κ1) is 62.6. The van der Waals surface area contributed by atoms with Gasteiger partial charge in [0.1, 0.15) is 22.3 Å². The number of para-hydroxylation sites is 8. The lowest BCUT2D eigenvalue weighted by atomic mass is 9.94. The van der Waals surface area contributed by atoms with Gasteiger partial charge in [0.05, 0.1) is 39.1 Å². The topological polar surface area (TPSA) is 42.6 Å². The quantitative estimate of drug-likeness (QED) is 0.115. The van der Waals surface area contributed by atoms with Crippen LogP contribution in [0.25, 0.3) is 176 Å². The molecule has 0 N–H and O–H groups in total. The SMILES string of the molecule is c1cc(N(c2ccc(-c3cccc4cc(-c5ccc6c7ccccc7n(-c7cccc(N(c8ccccc8-c8ccc9ccccc9c8)c8ccccc8-c8cccc9oc%10ccccc%10c89)c7)c6c5)ccc34)cc2)c2ccccc2-c2cccc3oc4ccccc4c23)cc(-n2c3ccccc3c3ccccc32)c1. The van der Waals surface area contributed by atoms with E-state index in [9.17, 15) is 0 Å². The minimum atomic E-state index is 0.858. The molecule has 6 nitrogen and oxygen atoms in total. The molecule has 22 rings (SSSR count). The van der Waals surface area contributed by atoms with Gasteiger partial charge in [-0.25, -0.2) is 0 Å². The summed E-state index contributed by atoms with van der Waals surface area (Å²) in [4.78, 5) is 4.89. The van der Waals surface area contributed by atoms with Gasteiger partial charge in [-0.15, -0.1) is 0 Å². The fourth-order valence-electron chi connectivity index (χ4n) is 17.6. The van der Waals surface area contributed by atoms with Gasteiger partial charge in [-0.05, 0) is 188 Å². The average Bonchev–Trinajstić information content (AvgIpc) is 1.60. The van der Waals surface area contributed by atoms with Crippen molar-refractivity contribution < 1.29 is 8.83 Å². The van der Waals surface area contributed by atoms with E-state index in [0.717, 1.165) is 156 Å². The molecule has 0 amide bonds. The Balaban J connectivity index is 0.652. The van der Waals surface area contributed by atoms with Crippen molar-refractivity contribution in [3.8, 4) is 67.0 Å². The molecule has 0 atom stereocenters. The summed E-state index contributed by atoms with van der Waals surface area (Å²) in [7, 11) is 0. The first-order valence-corrected chi connectivity index (χ1v) is 37.6. The zero-order valence-electron chi connectivity index (χ0n) is 59.7. The summed E-state index contributed by atoms with van der Waals surface area (Å²) in [6.07, 6.45) is 0. The van der Waals surface area contributed by atoms with Crippen LogP contribution in [0.5, 0.6) is 0 Å². The molecule has 22 aromatic rings. The van der Waals surface area contributed by atoms with E-state index in [0.29, 0.717) is 0 Å². The van der Waals surface area contributed by atoms with Crippen molar-refractivity contribution in [3.05, 3.63) is 400 Å². The summed E-state index contributed by atoms with van der Waals surface area (Å²) in [5.74, 6) is 0. The maximum Gasteiger partial charge on any atom is 0.136 e. The first-order valence-electron chi connectivity index (χ1n) is 37.6. The highest BCUT2D eigenvalue weighted by Crippen LogP contribution is 2.51. The predicted molar refractivity (Wildman–Crippen MR) is 461 cm³/mol. The second-order valence-electron chi connectivity index (χ2n) is 28.6. The number of fused-ring (bicyclic) bond motifs is 14. The smallest absolute Gasteiger partial charge is 0.136 e. The Bertz CT molecular complexity index is 7400. The van der Waals surface area contributed by atoms with Crippen molar-refractivity contribution in [2.45, 2.75) is 0 Å². The van der Waals surface area contributed by atoms with Crippen molar-refractivity contribution in [1.82, 2.24) is 9.13 Å².